The number of nitrogens with one attached hydrogen (secondary N) is 1. The first kappa shape index (κ1) is 20.4. The standard InChI is InChI=1S/C25H30F2N4/c1-16-3-6-19-22(30(16)2)8-9-23-25(19)29-24(31(23)18-11-13-28-14-12-18)10-5-17-4-7-20(26)21(27)15-17/h4,7-9,15-16,18,28H,3,5-6,10-14H2,1-2H3. The van der Waals surface area contributed by atoms with E-state index in [1.807, 2.05) is 0 Å². The van der Waals surface area contributed by atoms with E-state index < -0.39 is 11.6 Å². The lowest BCUT2D eigenvalue weighted by atomic mass is 9.96. The van der Waals surface area contributed by atoms with Crippen LogP contribution in [0.2, 0.25) is 0 Å². The van der Waals surface area contributed by atoms with Gasteiger partial charge in [0.2, 0.25) is 0 Å². The van der Waals surface area contributed by atoms with Crippen molar-refractivity contribution in [3.05, 3.63) is 58.9 Å². The molecule has 0 bridgehead atoms. The number of halogens is 2. The molecule has 1 fully saturated rings. The summed E-state index contributed by atoms with van der Waals surface area (Å²) in [4.78, 5) is 7.53. The Morgan fingerprint density at radius 1 is 1.03 bits per heavy atom. The first-order chi connectivity index (χ1) is 15.0. The fourth-order valence-corrected chi connectivity index (χ4v) is 5.22. The summed E-state index contributed by atoms with van der Waals surface area (Å²) in [5.41, 5.74) is 5.77. The Kier molecular flexibility index (Phi) is 5.42. The fourth-order valence-electron chi connectivity index (χ4n) is 5.22. The van der Waals surface area contributed by atoms with E-state index in [1.54, 1.807) is 6.07 Å². The summed E-state index contributed by atoms with van der Waals surface area (Å²) in [7, 11) is 2.17. The monoisotopic (exact) mass is 424 g/mol. The molecule has 2 aromatic carbocycles. The van der Waals surface area contributed by atoms with Crippen LogP contribution in [-0.2, 0) is 19.3 Å². The second-order valence-electron chi connectivity index (χ2n) is 9.06. The van der Waals surface area contributed by atoms with Crippen LogP contribution in [-0.4, -0.2) is 35.7 Å². The molecule has 3 heterocycles. The molecule has 3 aromatic rings. The summed E-state index contributed by atoms with van der Waals surface area (Å²) < 4.78 is 29.5. The molecule has 164 valence electrons. The van der Waals surface area contributed by atoms with Crippen LogP contribution in [0.15, 0.2) is 30.3 Å². The lowest BCUT2D eigenvalue weighted by Crippen LogP contribution is -2.33. The van der Waals surface area contributed by atoms with Gasteiger partial charge in [-0.05, 0) is 81.9 Å². The van der Waals surface area contributed by atoms with Gasteiger partial charge in [-0.2, -0.15) is 0 Å². The Morgan fingerprint density at radius 3 is 2.61 bits per heavy atom. The number of piperidine rings is 1. The van der Waals surface area contributed by atoms with Crippen molar-refractivity contribution >= 4 is 16.7 Å². The summed E-state index contributed by atoms with van der Waals surface area (Å²) >= 11 is 0. The molecule has 0 amide bonds. The molecule has 2 aliphatic heterocycles. The van der Waals surface area contributed by atoms with Crippen LogP contribution in [0.3, 0.4) is 0 Å². The van der Waals surface area contributed by atoms with Gasteiger partial charge in [0.25, 0.3) is 0 Å². The van der Waals surface area contributed by atoms with E-state index in [2.05, 4.69) is 40.9 Å². The van der Waals surface area contributed by atoms with Gasteiger partial charge in [-0.15, -0.1) is 0 Å². The van der Waals surface area contributed by atoms with Crippen LogP contribution in [0.1, 0.15) is 49.2 Å². The average Bonchev–Trinajstić information content (AvgIpc) is 3.16. The Labute approximate surface area is 182 Å². The highest BCUT2D eigenvalue weighted by molar-refractivity contribution is 5.86. The highest BCUT2D eigenvalue weighted by Crippen LogP contribution is 2.37. The van der Waals surface area contributed by atoms with Crippen LogP contribution in [0.25, 0.3) is 11.0 Å². The third-order valence-electron chi connectivity index (χ3n) is 7.16. The topological polar surface area (TPSA) is 33.1 Å². The number of rotatable bonds is 4. The normalized spacial score (nSPS) is 19.7. The largest absolute Gasteiger partial charge is 0.372 e. The summed E-state index contributed by atoms with van der Waals surface area (Å²) in [6.45, 7) is 4.30. The summed E-state index contributed by atoms with van der Waals surface area (Å²) in [6.07, 6.45) is 5.70. The van der Waals surface area contributed by atoms with E-state index in [4.69, 9.17) is 4.98 Å². The lowest BCUT2D eigenvalue weighted by Gasteiger charge is -2.34. The van der Waals surface area contributed by atoms with E-state index in [0.717, 1.165) is 55.7 Å². The first-order valence-corrected chi connectivity index (χ1v) is 11.4. The van der Waals surface area contributed by atoms with E-state index in [-0.39, 0.29) is 0 Å². The first-order valence-electron chi connectivity index (χ1n) is 11.4. The van der Waals surface area contributed by atoms with Crippen molar-refractivity contribution in [2.75, 3.05) is 25.0 Å². The number of benzene rings is 2. The van der Waals surface area contributed by atoms with E-state index in [9.17, 15) is 8.78 Å². The predicted molar refractivity (Wildman–Crippen MR) is 121 cm³/mol. The molecule has 1 saturated heterocycles. The Hall–Kier alpha value is -2.47. The molecule has 1 aromatic heterocycles. The van der Waals surface area contributed by atoms with E-state index in [1.165, 1.54) is 28.9 Å². The van der Waals surface area contributed by atoms with Gasteiger partial charge in [0.05, 0.1) is 11.0 Å². The lowest BCUT2D eigenvalue weighted by molar-refractivity contribution is 0.367. The van der Waals surface area contributed by atoms with E-state index in [0.29, 0.717) is 24.9 Å². The van der Waals surface area contributed by atoms with Crippen molar-refractivity contribution in [2.45, 2.75) is 57.5 Å². The summed E-state index contributed by atoms with van der Waals surface area (Å²) in [6, 6.07) is 9.64. The minimum absolute atomic E-state index is 0.421. The van der Waals surface area contributed by atoms with Crippen molar-refractivity contribution in [1.82, 2.24) is 14.9 Å². The zero-order valence-electron chi connectivity index (χ0n) is 18.3. The zero-order valence-corrected chi connectivity index (χ0v) is 18.3. The van der Waals surface area contributed by atoms with Gasteiger partial charge >= 0.3 is 0 Å². The maximum absolute atomic E-state index is 13.7. The smallest absolute Gasteiger partial charge is 0.159 e. The summed E-state index contributed by atoms with van der Waals surface area (Å²) in [5, 5.41) is 3.46. The van der Waals surface area contributed by atoms with Gasteiger partial charge in [0.1, 0.15) is 5.82 Å². The molecule has 0 aliphatic carbocycles. The fraction of sp³-hybridized carbons (Fsp3) is 0.480. The summed E-state index contributed by atoms with van der Waals surface area (Å²) in [5.74, 6) is -0.521. The van der Waals surface area contributed by atoms with Gasteiger partial charge in [0, 0.05) is 36.8 Å². The molecule has 5 rings (SSSR count). The van der Waals surface area contributed by atoms with Gasteiger partial charge < -0.3 is 14.8 Å². The molecule has 0 radical (unpaired) electrons. The van der Waals surface area contributed by atoms with Crippen molar-refractivity contribution in [3.8, 4) is 0 Å². The Morgan fingerprint density at radius 2 is 1.84 bits per heavy atom. The predicted octanol–water partition coefficient (Wildman–Crippen LogP) is 4.80. The Bertz CT molecular complexity index is 1100. The van der Waals surface area contributed by atoms with Crippen molar-refractivity contribution in [2.24, 2.45) is 0 Å². The SMILES string of the molecule is CC1CCc2c(ccc3c2nc(CCc2ccc(F)c(F)c2)n3C2CCNCC2)N1C. The third kappa shape index (κ3) is 3.71. The molecule has 0 saturated carbocycles. The Balaban J connectivity index is 1.55. The maximum atomic E-state index is 13.7. The molecule has 6 heteroatoms. The number of nitrogens with zero attached hydrogens (tertiary/aromatic N) is 3. The number of anilines is 1. The highest BCUT2D eigenvalue weighted by Gasteiger charge is 2.27. The maximum Gasteiger partial charge on any atom is 0.159 e. The number of hydrogen-bond acceptors (Lipinski definition) is 3. The van der Waals surface area contributed by atoms with Crippen LogP contribution in [0.4, 0.5) is 14.5 Å². The molecule has 2 aliphatic rings. The van der Waals surface area contributed by atoms with Gasteiger partial charge in [-0.3, -0.25) is 0 Å². The average molecular weight is 425 g/mol. The number of imidazole rings is 1. The second-order valence-corrected chi connectivity index (χ2v) is 9.06. The zero-order chi connectivity index (χ0) is 21.5. The van der Waals surface area contributed by atoms with Crippen molar-refractivity contribution in [3.63, 3.8) is 0 Å². The minimum atomic E-state index is -0.796. The number of aryl methyl sites for hydroxylation is 3. The molecule has 1 N–H and O–H groups in total. The molecule has 0 spiro atoms. The number of hydrogen-bond donors (Lipinski definition) is 1. The van der Waals surface area contributed by atoms with Crippen LogP contribution in [0, 0.1) is 11.6 Å². The van der Waals surface area contributed by atoms with Crippen LogP contribution >= 0.6 is 0 Å². The molecular weight excluding hydrogens is 394 g/mol. The quantitative estimate of drug-likeness (QED) is 0.653. The van der Waals surface area contributed by atoms with Crippen LogP contribution in [0.5, 0.6) is 0 Å². The molecule has 1 atom stereocenters. The van der Waals surface area contributed by atoms with Gasteiger partial charge in [-0.1, -0.05) is 6.07 Å². The van der Waals surface area contributed by atoms with Crippen molar-refractivity contribution in [1.29, 1.82) is 0 Å². The van der Waals surface area contributed by atoms with Gasteiger partial charge in [-0.25, -0.2) is 13.8 Å². The number of fused-ring (bicyclic) bond motifs is 3. The van der Waals surface area contributed by atoms with Crippen molar-refractivity contribution < 1.29 is 8.78 Å². The third-order valence-corrected chi connectivity index (χ3v) is 7.16. The van der Waals surface area contributed by atoms with Gasteiger partial charge in [0.15, 0.2) is 11.6 Å². The number of aromatic nitrogens is 2. The van der Waals surface area contributed by atoms with Crippen LogP contribution < -0.4 is 10.2 Å². The highest BCUT2D eigenvalue weighted by atomic mass is 19.2. The molecular formula is C25H30F2N4. The minimum Gasteiger partial charge on any atom is -0.372 e. The molecule has 31 heavy (non-hydrogen) atoms. The molecule has 1 unspecified atom stereocenters. The van der Waals surface area contributed by atoms with E-state index >= 15 is 0 Å². The molecule has 4 nitrogen and oxygen atoms in total. The second kappa shape index (κ2) is 8.23.